The molecule has 0 aliphatic heterocycles. The highest BCUT2D eigenvalue weighted by Crippen LogP contribution is 2.19. The Morgan fingerprint density at radius 3 is 2.37 bits per heavy atom. The van der Waals surface area contributed by atoms with Crippen LogP contribution in [0.3, 0.4) is 0 Å². The molecule has 0 bridgehead atoms. The van der Waals surface area contributed by atoms with Crippen molar-refractivity contribution < 1.29 is 8.42 Å². The lowest BCUT2D eigenvalue weighted by atomic mass is 10.4. The molecule has 0 saturated heterocycles. The van der Waals surface area contributed by atoms with Crippen molar-refractivity contribution >= 4 is 50.8 Å². The maximum atomic E-state index is 11.8. The minimum atomic E-state index is -3.68. The number of nitrogens with one attached hydrogen (secondary N) is 1. The van der Waals surface area contributed by atoms with Crippen molar-refractivity contribution in [1.29, 1.82) is 0 Å². The van der Waals surface area contributed by atoms with Crippen molar-refractivity contribution in [2.45, 2.75) is 4.90 Å². The molecule has 2 aromatic rings. The van der Waals surface area contributed by atoms with Crippen LogP contribution >= 0.6 is 34.5 Å². The van der Waals surface area contributed by atoms with Crippen LogP contribution in [0, 0.1) is 0 Å². The third kappa shape index (κ3) is 3.94. The van der Waals surface area contributed by atoms with Crippen LogP contribution < -0.4 is 4.83 Å². The van der Waals surface area contributed by atoms with Crippen molar-refractivity contribution in [3.63, 3.8) is 0 Å². The molecule has 1 heterocycles. The topological polar surface area (TPSA) is 58.5 Å². The quantitative estimate of drug-likeness (QED) is 0.688. The van der Waals surface area contributed by atoms with Gasteiger partial charge in [0.15, 0.2) is 0 Å². The summed E-state index contributed by atoms with van der Waals surface area (Å²) in [6, 6.07) is 9.26. The predicted octanol–water partition coefficient (Wildman–Crippen LogP) is 3.37. The van der Waals surface area contributed by atoms with Crippen molar-refractivity contribution in [2.75, 3.05) is 0 Å². The van der Waals surface area contributed by atoms with Crippen LogP contribution in [0.2, 0.25) is 9.36 Å². The molecule has 100 valence electrons. The number of hydrogen-bond donors (Lipinski definition) is 1. The molecule has 0 aliphatic rings. The largest absolute Gasteiger partial charge is 0.276 e. The predicted molar refractivity (Wildman–Crippen MR) is 78.7 cm³/mol. The standard InChI is InChI=1S/C11H8Cl2N2O2S2/c12-8-1-4-10(5-2-8)19(16,17)15-14-7-9-3-6-11(13)18-9/h1-7,15H/b14-7+. The van der Waals surface area contributed by atoms with Gasteiger partial charge < -0.3 is 0 Å². The van der Waals surface area contributed by atoms with E-state index in [1.54, 1.807) is 12.1 Å². The van der Waals surface area contributed by atoms with Gasteiger partial charge in [-0.3, -0.25) is 0 Å². The van der Waals surface area contributed by atoms with Crippen LogP contribution in [0.4, 0.5) is 0 Å². The van der Waals surface area contributed by atoms with Crippen LogP contribution in [0.25, 0.3) is 0 Å². The smallest absolute Gasteiger partial charge is 0.200 e. The van der Waals surface area contributed by atoms with E-state index < -0.39 is 10.0 Å². The van der Waals surface area contributed by atoms with Crippen molar-refractivity contribution in [1.82, 2.24) is 4.83 Å². The number of nitrogens with zero attached hydrogens (tertiary/aromatic N) is 1. The van der Waals surface area contributed by atoms with Gasteiger partial charge in [0.2, 0.25) is 0 Å². The zero-order chi connectivity index (χ0) is 13.9. The van der Waals surface area contributed by atoms with E-state index in [1.807, 2.05) is 0 Å². The minimum absolute atomic E-state index is 0.0956. The summed E-state index contributed by atoms with van der Waals surface area (Å²) in [5.74, 6) is 0. The Bertz CT molecular complexity index is 694. The SMILES string of the molecule is O=S(=O)(N/N=C/c1ccc(Cl)s1)c1ccc(Cl)cc1. The summed E-state index contributed by atoms with van der Waals surface area (Å²) in [5.41, 5.74) is 0. The number of rotatable bonds is 4. The third-order valence-corrected chi connectivity index (χ3v) is 4.74. The molecule has 19 heavy (non-hydrogen) atoms. The average Bonchev–Trinajstić information content (AvgIpc) is 2.75. The molecule has 0 spiro atoms. The maximum absolute atomic E-state index is 11.8. The summed E-state index contributed by atoms with van der Waals surface area (Å²) >= 11 is 12.7. The molecule has 4 nitrogen and oxygen atoms in total. The molecule has 0 atom stereocenters. The second kappa shape index (κ2) is 5.92. The van der Waals surface area contributed by atoms with Gasteiger partial charge in [-0.1, -0.05) is 23.2 Å². The molecule has 1 N–H and O–H groups in total. The Morgan fingerprint density at radius 1 is 1.11 bits per heavy atom. The van der Waals surface area contributed by atoms with Crippen LogP contribution in [0.1, 0.15) is 4.88 Å². The van der Waals surface area contributed by atoms with E-state index in [1.165, 1.54) is 41.8 Å². The van der Waals surface area contributed by atoms with Gasteiger partial charge in [-0.25, -0.2) is 4.83 Å². The lowest BCUT2D eigenvalue weighted by molar-refractivity contribution is 0.584. The first-order chi connectivity index (χ1) is 8.97. The van der Waals surface area contributed by atoms with Gasteiger partial charge in [-0.2, -0.15) is 13.5 Å². The van der Waals surface area contributed by atoms with Gasteiger partial charge in [0.05, 0.1) is 15.4 Å². The third-order valence-electron chi connectivity index (χ3n) is 2.08. The molecule has 1 aromatic heterocycles. The normalized spacial score (nSPS) is 11.9. The van der Waals surface area contributed by atoms with Crippen LogP contribution in [0.15, 0.2) is 46.4 Å². The number of thiophene rings is 1. The highest BCUT2D eigenvalue weighted by molar-refractivity contribution is 7.89. The highest BCUT2D eigenvalue weighted by atomic mass is 35.5. The summed E-state index contributed by atoms with van der Waals surface area (Å²) in [6.45, 7) is 0. The summed E-state index contributed by atoms with van der Waals surface area (Å²) < 4.78 is 24.3. The second-order valence-electron chi connectivity index (χ2n) is 3.45. The van der Waals surface area contributed by atoms with Crippen LogP contribution in [0.5, 0.6) is 0 Å². The molecule has 0 unspecified atom stereocenters. The molecule has 0 radical (unpaired) electrons. The summed E-state index contributed by atoms with van der Waals surface area (Å²) in [6.07, 6.45) is 1.39. The Morgan fingerprint density at radius 2 is 1.79 bits per heavy atom. The van der Waals surface area contributed by atoms with E-state index in [-0.39, 0.29) is 4.90 Å². The Kier molecular flexibility index (Phi) is 4.46. The second-order valence-corrected chi connectivity index (χ2v) is 7.29. The van der Waals surface area contributed by atoms with E-state index >= 15 is 0 Å². The number of halogens is 2. The Balaban J connectivity index is 2.09. The maximum Gasteiger partial charge on any atom is 0.276 e. The number of hydrazone groups is 1. The Hall–Kier alpha value is -1.08. The van der Waals surface area contributed by atoms with E-state index in [2.05, 4.69) is 9.93 Å². The number of benzene rings is 1. The summed E-state index contributed by atoms with van der Waals surface area (Å²) in [5, 5.41) is 4.15. The molecular weight excluding hydrogens is 327 g/mol. The molecule has 8 heteroatoms. The van der Waals surface area contributed by atoms with E-state index in [9.17, 15) is 8.42 Å². The molecule has 0 aliphatic carbocycles. The highest BCUT2D eigenvalue weighted by Gasteiger charge is 2.11. The lowest BCUT2D eigenvalue weighted by Gasteiger charge is -2.02. The zero-order valence-corrected chi connectivity index (χ0v) is 12.5. The average molecular weight is 335 g/mol. The van der Waals surface area contributed by atoms with E-state index in [4.69, 9.17) is 23.2 Å². The molecule has 0 fully saturated rings. The van der Waals surface area contributed by atoms with Gasteiger partial charge in [-0.05, 0) is 36.4 Å². The minimum Gasteiger partial charge on any atom is -0.200 e. The molecule has 0 amide bonds. The van der Waals surface area contributed by atoms with Gasteiger partial charge >= 0.3 is 0 Å². The van der Waals surface area contributed by atoms with Crippen LogP contribution in [-0.2, 0) is 10.0 Å². The van der Waals surface area contributed by atoms with Crippen molar-refractivity contribution in [3.8, 4) is 0 Å². The van der Waals surface area contributed by atoms with Crippen molar-refractivity contribution in [2.24, 2.45) is 5.10 Å². The monoisotopic (exact) mass is 334 g/mol. The Labute approximate surface area is 124 Å². The first kappa shape index (κ1) is 14.3. The van der Waals surface area contributed by atoms with Crippen molar-refractivity contribution in [3.05, 3.63) is 50.6 Å². The summed E-state index contributed by atoms with van der Waals surface area (Å²) in [7, 11) is -3.68. The van der Waals surface area contributed by atoms with E-state index in [0.717, 1.165) is 4.88 Å². The summed E-state index contributed by atoms with van der Waals surface area (Å²) in [4.78, 5) is 2.96. The molecule has 0 saturated carbocycles. The zero-order valence-electron chi connectivity index (χ0n) is 9.38. The molecule has 1 aromatic carbocycles. The van der Waals surface area contributed by atoms with Crippen LogP contribution in [-0.4, -0.2) is 14.6 Å². The van der Waals surface area contributed by atoms with E-state index in [0.29, 0.717) is 9.36 Å². The first-order valence-electron chi connectivity index (χ1n) is 5.03. The lowest BCUT2D eigenvalue weighted by Crippen LogP contribution is -2.18. The molecule has 2 rings (SSSR count). The number of sulfonamides is 1. The van der Waals surface area contributed by atoms with Gasteiger partial charge in [0.1, 0.15) is 0 Å². The fourth-order valence-electron chi connectivity index (χ4n) is 1.22. The fourth-order valence-corrected chi connectivity index (χ4v) is 3.07. The number of hydrogen-bond acceptors (Lipinski definition) is 4. The van der Waals surface area contributed by atoms with Gasteiger partial charge in [0, 0.05) is 9.90 Å². The first-order valence-corrected chi connectivity index (χ1v) is 8.09. The van der Waals surface area contributed by atoms with Gasteiger partial charge in [0.25, 0.3) is 10.0 Å². The molecular formula is C11H8Cl2N2O2S2. The fraction of sp³-hybridized carbons (Fsp3) is 0. The van der Waals surface area contributed by atoms with Gasteiger partial charge in [-0.15, -0.1) is 11.3 Å².